The van der Waals surface area contributed by atoms with E-state index >= 15 is 0 Å². The molecule has 0 bridgehead atoms. The highest BCUT2D eigenvalue weighted by atomic mass is 31.2. The second-order valence-corrected chi connectivity index (χ2v) is 21.4. The summed E-state index contributed by atoms with van der Waals surface area (Å²) < 4.78 is 25.2. The molecule has 0 aliphatic carbocycles. The van der Waals surface area contributed by atoms with E-state index in [0.717, 1.165) is 4.68 Å². The largest absolute Gasteiger partial charge is 0.480 e. The van der Waals surface area contributed by atoms with E-state index in [9.17, 15) is 67.4 Å². The Labute approximate surface area is 407 Å². The van der Waals surface area contributed by atoms with Gasteiger partial charge in [-0.25, -0.2) is 4.79 Å². The van der Waals surface area contributed by atoms with Crippen molar-refractivity contribution >= 4 is 56.2 Å². The summed E-state index contributed by atoms with van der Waals surface area (Å²) in [5.74, 6) is -8.39. The van der Waals surface area contributed by atoms with Crippen LogP contribution >= 0.6 is 15.2 Å². The van der Waals surface area contributed by atoms with Gasteiger partial charge < -0.3 is 57.8 Å². The van der Waals surface area contributed by atoms with E-state index in [1.807, 2.05) is 0 Å². The molecule has 2 aromatic rings. The third-order valence-corrected chi connectivity index (χ3v) is 13.2. The number of hydrogen-bond acceptors (Lipinski definition) is 16. The van der Waals surface area contributed by atoms with E-state index in [2.05, 4.69) is 36.6 Å². The van der Waals surface area contributed by atoms with Crippen molar-refractivity contribution in [2.45, 2.75) is 142 Å². The first-order valence-corrected chi connectivity index (χ1v) is 27.1. The van der Waals surface area contributed by atoms with Gasteiger partial charge in [-0.15, -0.1) is 10.2 Å². The van der Waals surface area contributed by atoms with Crippen molar-refractivity contribution in [3.8, 4) is 0 Å². The third-order valence-electron chi connectivity index (χ3n) is 11.6. The summed E-state index contributed by atoms with van der Waals surface area (Å²) in [5.41, 5.74) is 17.3. The van der Waals surface area contributed by atoms with Crippen LogP contribution in [0.5, 0.6) is 0 Å². The Kier molecular flexibility index (Phi) is 27.2. The minimum atomic E-state index is -4.41. The second-order valence-electron chi connectivity index (χ2n) is 17.9. The quantitative estimate of drug-likeness (QED) is 0.0294. The fourth-order valence-electron chi connectivity index (χ4n) is 7.30. The van der Waals surface area contributed by atoms with Crippen LogP contribution in [0.1, 0.15) is 109 Å². The number of unbranched alkanes of at least 4 members (excludes halogenated alkanes) is 3. The van der Waals surface area contributed by atoms with Crippen LogP contribution in [0.2, 0.25) is 0 Å². The van der Waals surface area contributed by atoms with Crippen LogP contribution in [0.3, 0.4) is 0 Å². The van der Waals surface area contributed by atoms with Crippen LogP contribution in [0.15, 0.2) is 12.4 Å². The van der Waals surface area contributed by atoms with Gasteiger partial charge in [-0.05, 0) is 71.5 Å². The predicted octanol–water partition coefficient (Wildman–Crippen LogP) is -0.662. The number of aryl methyl sites for hydroxylation is 2. The highest BCUT2D eigenvalue weighted by molar-refractivity contribution is 7.52. The number of carboxylic acid groups (broad SMARTS) is 1. The lowest BCUT2D eigenvalue weighted by molar-refractivity contribution is -0.142. The topological polar surface area (TPSA) is 430 Å². The fraction of sp³-hybridized carbons (Fsp3) is 0.738. The molecule has 0 aromatic carbocycles. The minimum absolute atomic E-state index is 0.101. The van der Waals surface area contributed by atoms with Crippen molar-refractivity contribution in [2.24, 2.45) is 40.9 Å². The van der Waals surface area contributed by atoms with Gasteiger partial charge in [0.2, 0.25) is 17.7 Å². The zero-order chi connectivity index (χ0) is 52.6. The van der Waals surface area contributed by atoms with Gasteiger partial charge in [0.25, 0.3) is 0 Å². The number of Topliss-reactive ketones (excluding diaryl/α,β-unsaturated/α-hetero) is 3. The number of nitrogens with two attached hydrogens (primary N) is 3. The molecule has 0 aliphatic rings. The first kappa shape index (κ1) is 61.5. The Morgan fingerprint density at radius 1 is 0.571 bits per heavy atom. The molecule has 0 saturated heterocycles. The summed E-state index contributed by atoms with van der Waals surface area (Å²) >= 11 is 0. The molecule has 70 heavy (non-hydrogen) atoms. The lowest BCUT2D eigenvalue weighted by Crippen LogP contribution is -2.48. The van der Waals surface area contributed by atoms with Gasteiger partial charge in [0.1, 0.15) is 11.8 Å². The zero-order valence-corrected chi connectivity index (χ0v) is 42.1. The average molecular weight is 1030 g/mol. The van der Waals surface area contributed by atoms with Crippen molar-refractivity contribution in [1.82, 2.24) is 45.9 Å². The van der Waals surface area contributed by atoms with Gasteiger partial charge in [0.15, 0.2) is 11.6 Å². The number of nitrogens with one attached hydrogen (secondary N) is 3. The number of ketones is 3. The number of rotatable bonds is 38. The second kappa shape index (κ2) is 30.9. The smallest absolute Gasteiger partial charge is 0.327 e. The van der Waals surface area contributed by atoms with E-state index in [1.165, 1.54) is 30.9 Å². The van der Waals surface area contributed by atoms with Gasteiger partial charge in [-0.2, -0.15) is 0 Å². The molecular weight excluding hydrogens is 958 g/mol. The van der Waals surface area contributed by atoms with Crippen LogP contribution < -0.4 is 33.2 Å². The Balaban J connectivity index is 2.36. The normalized spacial score (nSPS) is 14.9. The highest BCUT2D eigenvalue weighted by Gasteiger charge is 2.33. The Hall–Kier alpha value is -4.65. The monoisotopic (exact) mass is 1030 g/mol. The van der Waals surface area contributed by atoms with Crippen LogP contribution in [-0.4, -0.2) is 146 Å². The molecule has 0 spiro atoms. The third kappa shape index (κ3) is 24.5. The number of carbonyl (C=O) groups excluding carboxylic acids is 6. The lowest BCUT2D eigenvalue weighted by atomic mass is 9.88. The number of amides is 3. The van der Waals surface area contributed by atoms with Crippen LogP contribution in [0.4, 0.5) is 0 Å². The number of carbonyl (C=O) groups is 7. The number of nitrogens with zero attached hydrogens (tertiary/aromatic N) is 6. The van der Waals surface area contributed by atoms with Crippen molar-refractivity contribution in [1.29, 1.82) is 0 Å². The van der Waals surface area contributed by atoms with Crippen LogP contribution in [-0.2, 0) is 68.6 Å². The highest BCUT2D eigenvalue weighted by Crippen LogP contribution is 2.34. The molecule has 28 heteroatoms. The molecule has 2 heterocycles. The van der Waals surface area contributed by atoms with E-state index in [4.69, 9.17) is 17.2 Å². The molecule has 7 atom stereocenters. The summed E-state index contributed by atoms with van der Waals surface area (Å²) in [6.45, 7) is 5.25. The standard InChI is InChI=1S/C42H74N12O14P2/c1-27(10-4-7-13-43)36(55)23-31(21-32-25-53(51-49-32)16-18-69(63,64)65)41(60)46-29(3)37(56)22-30(11-5-8-14-44)40(59)48-35(24-33-26-54(52-50-33)17-19-70(66,67)68)38(57)20-28(2)39(58)47-34(42(61)62)12-6-9-15-45/h25-31,34-35H,4-24,43-45H2,1-3H3,(H,46,60)(H,47,58)(H,48,59)(H,61,62)(H2,63,64,65)(H2,66,67,68)/t27-,28+,29-,30+,31+,34-,35-/m0/s1. The summed E-state index contributed by atoms with van der Waals surface area (Å²) in [7, 11) is -8.75. The first-order chi connectivity index (χ1) is 32.9. The molecular formula is C42H74N12O14P2. The van der Waals surface area contributed by atoms with E-state index in [1.54, 1.807) is 6.92 Å². The summed E-state index contributed by atoms with van der Waals surface area (Å²) in [6.07, 6.45) is 4.21. The van der Waals surface area contributed by atoms with Crippen LogP contribution in [0, 0.1) is 23.7 Å². The van der Waals surface area contributed by atoms with Crippen molar-refractivity contribution in [3.05, 3.63) is 23.8 Å². The summed E-state index contributed by atoms with van der Waals surface area (Å²) in [5, 5.41) is 33.3. The van der Waals surface area contributed by atoms with Gasteiger partial charge in [-0.3, -0.25) is 47.3 Å². The molecule has 0 radical (unpaired) electrons. The lowest BCUT2D eigenvalue weighted by Gasteiger charge is -2.24. The molecule has 26 nitrogen and oxygen atoms in total. The molecule has 14 N–H and O–H groups in total. The average Bonchev–Trinajstić information content (AvgIpc) is 3.94. The summed E-state index contributed by atoms with van der Waals surface area (Å²) in [6, 6.07) is -3.79. The zero-order valence-electron chi connectivity index (χ0n) is 40.3. The SMILES string of the molecule is C[C@H](CC(=O)[C@H](Cc1cn(CCP(=O)(O)O)nn1)NC(=O)[C@H](CCCCN)CC(=O)[C@H](C)NC(=O)[C@@H](CC(=O)[C@@H](C)CCCCN)Cc1cn(CCP(=O)(O)O)nn1)C(=O)N[C@@H](CCCCN)C(=O)O. The van der Waals surface area contributed by atoms with Crippen molar-refractivity contribution in [3.63, 3.8) is 0 Å². The number of aromatic nitrogens is 6. The minimum Gasteiger partial charge on any atom is -0.480 e. The fourth-order valence-corrected chi connectivity index (χ4v) is 8.23. The predicted molar refractivity (Wildman–Crippen MR) is 253 cm³/mol. The summed E-state index contributed by atoms with van der Waals surface area (Å²) in [4.78, 5) is 132. The van der Waals surface area contributed by atoms with E-state index < -0.39 is 117 Å². The maximum atomic E-state index is 14.2. The van der Waals surface area contributed by atoms with E-state index in [-0.39, 0.29) is 68.9 Å². The maximum absolute atomic E-state index is 14.2. The molecule has 2 rings (SSSR count). The molecule has 0 aliphatic heterocycles. The Morgan fingerprint density at radius 3 is 1.56 bits per heavy atom. The van der Waals surface area contributed by atoms with Crippen molar-refractivity contribution < 1.29 is 67.4 Å². The number of aliphatic carboxylic acids is 1. The van der Waals surface area contributed by atoms with Gasteiger partial charge in [0, 0.05) is 62.3 Å². The number of carboxylic acids is 1. The van der Waals surface area contributed by atoms with Crippen molar-refractivity contribution in [2.75, 3.05) is 32.0 Å². The number of hydrogen-bond donors (Lipinski definition) is 11. The van der Waals surface area contributed by atoms with E-state index in [0.29, 0.717) is 58.0 Å². The first-order valence-electron chi connectivity index (χ1n) is 23.6. The Bertz CT molecular complexity index is 2110. The van der Waals surface area contributed by atoms with Gasteiger partial charge >= 0.3 is 21.2 Å². The molecule has 3 amide bonds. The Morgan fingerprint density at radius 2 is 1.04 bits per heavy atom. The maximum Gasteiger partial charge on any atom is 0.327 e. The van der Waals surface area contributed by atoms with Gasteiger partial charge in [-0.1, -0.05) is 37.1 Å². The molecule has 0 unspecified atom stereocenters. The molecule has 0 saturated carbocycles. The molecule has 396 valence electrons. The molecule has 2 aromatic heterocycles. The molecule has 0 fully saturated rings. The van der Waals surface area contributed by atoms with Gasteiger partial charge in [0.05, 0.1) is 54.8 Å². The van der Waals surface area contributed by atoms with Crippen LogP contribution in [0.25, 0.3) is 0 Å².